The first-order valence-electron chi connectivity index (χ1n) is 5.65. The van der Waals surface area contributed by atoms with Gasteiger partial charge >= 0.3 is 0 Å². The van der Waals surface area contributed by atoms with Crippen LogP contribution < -0.4 is 5.73 Å². The fourth-order valence-electron chi connectivity index (χ4n) is 1.78. The number of amides is 1. The lowest BCUT2D eigenvalue weighted by Gasteiger charge is -2.26. The zero-order valence-electron chi connectivity index (χ0n) is 10.4. The van der Waals surface area contributed by atoms with E-state index in [2.05, 4.69) is 0 Å². The van der Waals surface area contributed by atoms with Gasteiger partial charge in [-0.3, -0.25) is 4.79 Å². The van der Waals surface area contributed by atoms with Crippen molar-refractivity contribution < 1.29 is 4.79 Å². The van der Waals surface area contributed by atoms with E-state index in [1.165, 1.54) is 0 Å². The largest absolute Gasteiger partial charge is 0.398 e. The molecule has 1 amide bonds. The van der Waals surface area contributed by atoms with Gasteiger partial charge in [0.1, 0.15) is 0 Å². The van der Waals surface area contributed by atoms with Crippen LogP contribution in [0.1, 0.15) is 36.7 Å². The monoisotopic (exact) mass is 220 g/mol. The summed E-state index contributed by atoms with van der Waals surface area (Å²) in [6.45, 7) is 8.62. The van der Waals surface area contributed by atoms with Crippen molar-refractivity contribution in [3.05, 3.63) is 29.3 Å². The predicted molar refractivity (Wildman–Crippen MR) is 67.4 cm³/mol. The Labute approximate surface area is 97.2 Å². The maximum absolute atomic E-state index is 12.3. The van der Waals surface area contributed by atoms with E-state index in [1.807, 2.05) is 50.8 Å². The topological polar surface area (TPSA) is 46.3 Å². The van der Waals surface area contributed by atoms with Crippen LogP contribution in [-0.2, 0) is 0 Å². The summed E-state index contributed by atoms with van der Waals surface area (Å²) < 4.78 is 0. The highest BCUT2D eigenvalue weighted by Crippen LogP contribution is 2.18. The molecule has 0 saturated carbocycles. The molecule has 16 heavy (non-hydrogen) atoms. The average Bonchev–Trinajstić information content (AvgIpc) is 2.22. The van der Waals surface area contributed by atoms with Gasteiger partial charge in [0.25, 0.3) is 5.91 Å². The van der Waals surface area contributed by atoms with Crippen LogP contribution in [-0.4, -0.2) is 23.4 Å². The van der Waals surface area contributed by atoms with Gasteiger partial charge in [-0.25, -0.2) is 0 Å². The van der Waals surface area contributed by atoms with Gasteiger partial charge in [-0.15, -0.1) is 0 Å². The minimum absolute atomic E-state index is 0.0577. The Kier molecular flexibility index (Phi) is 3.93. The zero-order chi connectivity index (χ0) is 12.3. The van der Waals surface area contributed by atoms with Crippen molar-refractivity contribution in [2.75, 3.05) is 12.3 Å². The molecular formula is C13H20N2O. The van der Waals surface area contributed by atoms with Crippen LogP contribution >= 0.6 is 0 Å². The van der Waals surface area contributed by atoms with E-state index < -0.39 is 0 Å². The Morgan fingerprint density at radius 3 is 2.56 bits per heavy atom. The highest BCUT2D eigenvalue weighted by molar-refractivity contribution is 5.97. The number of nitrogen functional groups attached to an aromatic ring is 1. The van der Waals surface area contributed by atoms with Gasteiger partial charge in [-0.2, -0.15) is 0 Å². The van der Waals surface area contributed by atoms with Crippen LogP contribution in [0.15, 0.2) is 18.2 Å². The summed E-state index contributed by atoms with van der Waals surface area (Å²) in [7, 11) is 0. The predicted octanol–water partition coefficient (Wildman–Crippen LogP) is 2.45. The molecule has 0 radical (unpaired) electrons. The van der Waals surface area contributed by atoms with Crippen LogP contribution in [0.3, 0.4) is 0 Å². The number of hydrogen-bond acceptors (Lipinski definition) is 2. The molecule has 0 fully saturated rings. The first-order valence-corrected chi connectivity index (χ1v) is 5.65. The lowest BCUT2D eigenvalue weighted by molar-refractivity contribution is 0.0716. The molecule has 0 spiro atoms. The number of carbonyl (C=O) groups is 1. The van der Waals surface area contributed by atoms with Crippen LogP contribution in [0.25, 0.3) is 0 Å². The van der Waals surface area contributed by atoms with Crippen molar-refractivity contribution >= 4 is 11.6 Å². The number of hydrogen-bond donors (Lipinski definition) is 1. The Morgan fingerprint density at radius 2 is 2.06 bits per heavy atom. The number of benzene rings is 1. The molecule has 0 aliphatic carbocycles. The quantitative estimate of drug-likeness (QED) is 0.795. The molecule has 3 nitrogen and oxygen atoms in total. The number of carbonyl (C=O) groups excluding carboxylic acids is 1. The molecule has 2 N–H and O–H groups in total. The zero-order valence-corrected chi connectivity index (χ0v) is 10.4. The van der Waals surface area contributed by atoms with Crippen molar-refractivity contribution in [3.8, 4) is 0 Å². The van der Waals surface area contributed by atoms with Gasteiger partial charge in [0.2, 0.25) is 0 Å². The maximum Gasteiger partial charge on any atom is 0.254 e. The van der Waals surface area contributed by atoms with E-state index in [-0.39, 0.29) is 11.9 Å². The summed E-state index contributed by atoms with van der Waals surface area (Å²) in [6, 6.07) is 5.68. The van der Waals surface area contributed by atoms with Crippen LogP contribution in [0, 0.1) is 6.92 Å². The summed E-state index contributed by atoms with van der Waals surface area (Å²) in [5, 5.41) is 0. The Balaban J connectivity index is 3.09. The van der Waals surface area contributed by atoms with Gasteiger partial charge in [0.05, 0.1) is 0 Å². The summed E-state index contributed by atoms with van der Waals surface area (Å²) in [5.41, 5.74) is 8.05. The molecule has 88 valence electrons. The molecule has 1 aromatic rings. The highest BCUT2D eigenvalue weighted by atomic mass is 16.2. The van der Waals surface area contributed by atoms with Crippen LogP contribution in [0.5, 0.6) is 0 Å². The summed E-state index contributed by atoms with van der Waals surface area (Å²) in [6.07, 6.45) is 0. The SMILES string of the molecule is CCN(C(=O)c1cccc(N)c1C)C(C)C. The van der Waals surface area contributed by atoms with Gasteiger partial charge in [0.15, 0.2) is 0 Å². The smallest absolute Gasteiger partial charge is 0.254 e. The second-order valence-corrected chi connectivity index (χ2v) is 4.20. The third-order valence-corrected chi connectivity index (χ3v) is 2.83. The molecule has 0 unspecified atom stereocenters. The maximum atomic E-state index is 12.3. The Bertz CT molecular complexity index is 386. The Hall–Kier alpha value is -1.51. The number of nitrogens with two attached hydrogens (primary N) is 1. The van der Waals surface area contributed by atoms with Crippen molar-refractivity contribution in [1.29, 1.82) is 0 Å². The molecule has 0 bridgehead atoms. The molecular weight excluding hydrogens is 200 g/mol. The van der Waals surface area contributed by atoms with E-state index in [4.69, 9.17) is 5.73 Å². The molecule has 0 heterocycles. The molecule has 0 aliphatic heterocycles. The fourth-order valence-corrected chi connectivity index (χ4v) is 1.78. The summed E-state index contributed by atoms with van der Waals surface area (Å²) in [4.78, 5) is 14.1. The minimum Gasteiger partial charge on any atom is -0.398 e. The second-order valence-electron chi connectivity index (χ2n) is 4.20. The van der Waals surface area contributed by atoms with Crippen molar-refractivity contribution in [2.45, 2.75) is 33.7 Å². The average molecular weight is 220 g/mol. The van der Waals surface area contributed by atoms with Crippen LogP contribution in [0.4, 0.5) is 5.69 Å². The molecule has 1 rings (SSSR count). The number of rotatable bonds is 3. The number of anilines is 1. The molecule has 3 heteroatoms. The second kappa shape index (κ2) is 5.01. The highest BCUT2D eigenvalue weighted by Gasteiger charge is 2.18. The van der Waals surface area contributed by atoms with Crippen molar-refractivity contribution in [1.82, 2.24) is 4.90 Å². The normalized spacial score (nSPS) is 10.6. The van der Waals surface area contributed by atoms with Crippen LogP contribution in [0.2, 0.25) is 0 Å². The standard InChI is InChI=1S/C13H20N2O/c1-5-15(9(2)3)13(16)11-7-6-8-12(14)10(11)4/h6-9H,5,14H2,1-4H3. The van der Waals surface area contributed by atoms with Gasteiger partial charge < -0.3 is 10.6 Å². The third kappa shape index (κ3) is 2.35. The molecule has 0 aromatic heterocycles. The third-order valence-electron chi connectivity index (χ3n) is 2.83. The summed E-state index contributed by atoms with van der Waals surface area (Å²) >= 11 is 0. The lowest BCUT2D eigenvalue weighted by atomic mass is 10.1. The van der Waals surface area contributed by atoms with E-state index in [0.29, 0.717) is 17.8 Å². The van der Waals surface area contributed by atoms with E-state index in [1.54, 1.807) is 0 Å². The van der Waals surface area contributed by atoms with Gasteiger partial charge in [0, 0.05) is 23.8 Å². The van der Waals surface area contributed by atoms with E-state index in [9.17, 15) is 4.79 Å². The van der Waals surface area contributed by atoms with E-state index in [0.717, 1.165) is 5.56 Å². The molecule has 0 atom stereocenters. The van der Waals surface area contributed by atoms with Gasteiger partial charge in [-0.1, -0.05) is 6.07 Å². The first-order chi connectivity index (χ1) is 7.49. The molecule has 0 aliphatic rings. The van der Waals surface area contributed by atoms with E-state index >= 15 is 0 Å². The molecule has 1 aromatic carbocycles. The molecule has 0 saturated heterocycles. The van der Waals surface area contributed by atoms with Crippen molar-refractivity contribution in [2.24, 2.45) is 0 Å². The Morgan fingerprint density at radius 1 is 1.44 bits per heavy atom. The lowest BCUT2D eigenvalue weighted by Crippen LogP contribution is -2.37. The minimum atomic E-state index is 0.0577. The fraction of sp³-hybridized carbons (Fsp3) is 0.462. The first kappa shape index (κ1) is 12.6. The summed E-state index contributed by atoms with van der Waals surface area (Å²) in [5.74, 6) is 0.0577. The van der Waals surface area contributed by atoms with Crippen molar-refractivity contribution in [3.63, 3.8) is 0 Å². The van der Waals surface area contributed by atoms with Gasteiger partial charge in [-0.05, 0) is 45.4 Å². The number of nitrogens with zero attached hydrogens (tertiary/aromatic N) is 1.